The van der Waals surface area contributed by atoms with Crippen molar-refractivity contribution < 1.29 is 14.3 Å². The number of esters is 1. The van der Waals surface area contributed by atoms with Gasteiger partial charge in [0.25, 0.3) is 0 Å². The highest BCUT2D eigenvalue weighted by Crippen LogP contribution is 2.26. The molecule has 0 saturated carbocycles. The Labute approximate surface area is 161 Å². The molecule has 2 N–H and O–H groups in total. The van der Waals surface area contributed by atoms with Crippen molar-refractivity contribution in [2.45, 2.75) is 17.8 Å². The van der Waals surface area contributed by atoms with E-state index in [0.29, 0.717) is 10.9 Å². The first-order valence-corrected chi connectivity index (χ1v) is 9.38. The van der Waals surface area contributed by atoms with Gasteiger partial charge in [0.15, 0.2) is 5.16 Å². The van der Waals surface area contributed by atoms with Crippen LogP contribution >= 0.6 is 11.8 Å². The third kappa shape index (κ3) is 5.21. The third-order valence-electron chi connectivity index (χ3n) is 3.54. The molecule has 2 aromatic carbocycles. The number of nitrogens with two attached hydrogens (primary N) is 1. The zero-order valence-corrected chi connectivity index (χ0v) is 15.6. The van der Waals surface area contributed by atoms with Gasteiger partial charge in [-0.3, -0.25) is 0 Å². The molecule has 0 spiro atoms. The fourth-order valence-corrected chi connectivity index (χ4v) is 3.05. The smallest absolute Gasteiger partial charge is 0.343 e. The van der Waals surface area contributed by atoms with Crippen LogP contribution in [0.15, 0.2) is 66.0 Å². The SMILES string of the molecule is CCOC(=O)c1cnc(SCc2cccc(Oc3ccccc3)c2)nc1N. The van der Waals surface area contributed by atoms with Crippen LogP contribution in [0.4, 0.5) is 5.82 Å². The molecule has 0 aliphatic rings. The van der Waals surface area contributed by atoms with Crippen LogP contribution in [-0.4, -0.2) is 22.5 Å². The van der Waals surface area contributed by atoms with E-state index >= 15 is 0 Å². The Morgan fingerprint density at radius 2 is 1.89 bits per heavy atom. The van der Waals surface area contributed by atoms with E-state index in [0.717, 1.165) is 17.1 Å². The first-order valence-electron chi connectivity index (χ1n) is 8.40. The fraction of sp³-hybridized carbons (Fsp3) is 0.150. The minimum atomic E-state index is -0.516. The van der Waals surface area contributed by atoms with Crippen LogP contribution in [0.25, 0.3) is 0 Å². The van der Waals surface area contributed by atoms with E-state index in [-0.39, 0.29) is 18.0 Å². The maximum absolute atomic E-state index is 11.7. The molecular formula is C20H19N3O3S. The van der Waals surface area contributed by atoms with Crippen molar-refractivity contribution >= 4 is 23.5 Å². The van der Waals surface area contributed by atoms with E-state index in [4.69, 9.17) is 15.2 Å². The Bertz CT molecular complexity index is 919. The molecule has 3 aromatic rings. The Balaban J connectivity index is 1.64. The van der Waals surface area contributed by atoms with Gasteiger partial charge in [0, 0.05) is 11.9 Å². The molecule has 0 unspecified atom stereocenters. The van der Waals surface area contributed by atoms with Crippen LogP contribution in [0.3, 0.4) is 0 Å². The number of nitrogens with zero attached hydrogens (tertiary/aromatic N) is 2. The predicted molar refractivity (Wildman–Crippen MR) is 105 cm³/mol. The summed E-state index contributed by atoms with van der Waals surface area (Å²) >= 11 is 1.43. The summed E-state index contributed by atoms with van der Waals surface area (Å²) in [5.41, 5.74) is 7.09. The zero-order valence-electron chi connectivity index (χ0n) is 14.8. The molecule has 138 valence electrons. The number of benzene rings is 2. The summed E-state index contributed by atoms with van der Waals surface area (Å²) in [5, 5.41) is 0.495. The lowest BCUT2D eigenvalue weighted by Crippen LogP contribution is -2.10. The van der Waals surface area contributed by atoms with Crippen molar-refractivity contribution in [3.8, 4) is 11.5 Å². The molecule has 0 atom stereocenters. The van der Waals surface area contributed by atoms with Gasteiger partial charge in [0.1, 0.15) is 22.9 Å². The molecule has 0 fully saturated rings. The van der Waals surface area contributed by atoms with Crippen molar-refractivity contribution in [1.29, 1.82) is 0 Å². The van der Waals surface area contributed by atoms with Gasteiger partial charge in [0.05, 0.1) is 6.61 Å². The van der Waals surface area contributed by atoms with Gasteiger partial charge >= 0.3 is 5.97 Å². The van der Waals surface area contributed by atoms with Gasteiger partial charge in [-0.15, -0.1) is 0 Å². The average molecular weight is 381 g/mol. The van der Waals surface area contributed by atoms with Gasteiger partial charge < -0.3 is 15.2 Å². The summed E-state index contributed by atoms with van der Waals surface area (Å²) in [5.74, 6) is 1.79. The topological polar surface area (TPSA) is 87.3 Å². The Morgan fingerprint density at radius 1 is 1.11 bits per heavy atom. The maximum Gasteiger partial charge on any atom is 0.343 e. The van der Waals surface area contributed by atoms with E-state index in [1.165, 1.54) is 18.0 Å². The molecule has 1 aromatic heterocycles. The Morgan fingerprint density at radius 3 is 2.63 bits per heavy atom. The van der Waals surface area contributed by atoms with E-state index < -0.39 is 5.97 Å². The number of para-hydroxylation sites is 1. The summed E-state index contributed by atoms with van der Waals surface area (Å²) in [6, 6.07) is 17.4. The summed E-state index contributed by atoms with van der Waals surface area (Å²) in [7, 11) is 0. The van der Waals surface area contributed by atoms with Crippen molar-refractivity contribution in [2.75, 3.05) is 12.3 Å². The average Bonchev–Trinajstić information content (AvgIpc) is 2.68. The second-order valence-electron chi connectivity index (χ2n) is 5.52. The van der Waals surface area contributed by atoms with Gasteiger partial charge in [-0.2, -0.15) is 0 Å². The van der Waals surface area contributed by atoms with Crippen molar-refractivity contribution in [3.05, 3.63) is 71.9 Å². The fourth-order valence-electron chi connectivity index (χ4n) is 2.28. The number of hydrogen-bond acceptors (Lipinski definition) is 7. The summed E-state index contributed by atoms with van der Waals surface area (Å²) in [6.07, 6.45) is 1.40. The molecule has 3 rings (SSSR count). The minimum absolute atomic E-state index is 0.118. The van der Waals surface area contributed by atoms with Crippen LogP contribution in [0.1, 0.15) is 22.8 Å². The number of anilines is 1. The van der Waals surface area contributed by atoms with Crippen molar-refractivity contribution in [2.24, 2.45) is 0 Å². The number of carbonyl (C=O) groups is 1. The van der Waals surface area contributed by atoms with Gasteiger partial charge in [-0.05, 0) is 36.8 Å². The second-order valence-corrected chi connectivity index (χ2v) is 6.47. The van der Waals surface area contributed by atoms with Gasteiger partial charge in [-0.1, -0.05) is 42.1 Å². The molecule has 0 aliphatic carbocycles. The molecule has 0 amide bonds. The summed E-state index contributed by atoms with van der Waals surface area (Å²) in [6.45, 7) is 2.00. The highest BCUT2D eigenvalue weighted by molar-refractivity contribution is 7.98. The molecule has 0 saturated heterocycles. The maximum atomic E-state index is 11.7. The van der Waals surface area contributed by atoms with Gasteiger partial charge in [-0.25, -0.2) is 14.8 Å². The van der Waals surface area contributed by atoms with Gasteiger partial charge in [0.2, 0.25) is 0 Å². The minimum Gasteiger partial charge on any atom is -0.462 e. The lowest BCUT2D eigenvalue weighted by Gasteiger charge is -2.08. The monoisotopic (exact) mass is 381 g/mol. The van der Waals surface area contributed by atoms with Crippen molar-refractivity contribution in [3.63, 3.8) is 0 Å². The normalized spacial score (nSPS) is 10.4. The Hall–Kier alpha value is -3.06. The van der Waals surface area contributed by atoms with Crippen LogP contribution in [-0.2, 0) is 10.5 Å². The molecule has 0 bridgehead atoms. The summed E-state index contributed by atoms with van der Waals surface area (Å²) < 4.78 is 10.8. The molecule has 0 radical (unpaired) electrons. The molecule has 1 heterocycles. The lowest BCUT2D eigenvalue weighted by atomic mass is 10.2. The van der Waals surface area contributed by atoms with E-state index in [2.05, 4.69) is 9.97 Å². The number of thioether (sulfide) groups is 1. The molecule has 27 heavy (non-hydrogen) atoms. The van der Waals surface area contributed by atoms with E-state index in [1.807, 2.05) is 54.6 Å². The van der Waals surface area contributed by atoms with Crippen LogP contribution in [0.2, 0.25) is 0 Å². The highest BCUT2D eigenvalue weighted by Gasteiger charge is 2.13. The number of hydrogen-bond donors (Lipinski definition) is 1. The quantitative estimate of drug-likeness (QED) is 0.370. The first-order chi connectivity index (χ1) is 13.2. The number of aromatic nitrogens is 2. The largest absolute Gasteiger partial charge is 0.462 e. The van der Waals surface area contributed by atoms with E-state index in [1.54, 1.807) is 6.92 Å². The lowest BCUT2D eigenvalue weighted by molar-refractivity contribution is 0.0526. The molecule has 6 nitrogen and oxygen atoms in total. The number of nitrogen functional groups attached to an aromatic ring is 1. The zero-order chi connectivity index (χ0) is 19.1. The van der Waals surface area contributed by atoms with Crippen LogP contribution in [0.5, 0.6) is 11.5 Å². The molecular weight excluding hydrogens is 362 g/mol. The third-order valence-corrected chi connectivity index (χ3v) is 4.47. The Kier molecular flexibility index (Phi) is 6.27. The van der Waals surface area contributed by atoms with Crippen molar-refractivity contribution in [1.82, 2.24) is 9.97 Å². The first kappa shape index (κ1) is 18.7. The van der Waals surface area contributed by atoms with Crippen LogP contribution in [0, 0.1) is 0 Å². The standard InChI is InChI=1S/C20H19N3O3S/c1-2-25-19(24)17-12-22-20(23-18(17)21)27-13-14-7-6-10-16(11-14)26-15-8-4-3-5-9-15/h3-12H,2,13H2,1H3,(H2,21,22,23). The predicted octanol–water partition coefficient (Wildman–Crippen LogP) is 4.32. The van der Waals surface area contributed by atoms with Crippen LogP contribution < -0.4 is 10.5 Å². The number of carbonyl (C=O) groups excluding carboxylic acids is 1. The molecule has 7 heteroatoms. The highest BCUT2D eigenvalue weighted by atomic mass is 32.2. The second kappa shape index (κ2) is 9.05. The van der Waals surface area contributed by atoms with E-state index in [9.17, 15) is 4.79 Å². The summed E-state index contributed by atoms with van der Waals surface area (Å²) in [4.78, 5) is 20.1. The number of rotatable bonds is 7. The molecule has 0 aliphatic heterocycles. The number of ether oxygens (including phenoxy) is 2.